The second-order valence-corrected chi connectivity index (χ2v) is 3.28. The number of rotatable bonds is 5. The van der Waals surface area contributed by atoms with Crippen LogP contribution in [0, 0.1) is 11.6 Å². The lowest BCUT2D eigenvalue weighted by Crippen LogP contribution is -2.37. The van der Waals surface area contributed by atoms with Gasteiger partial charge in [0.2, 0.25) is 5.91 Å². The van der Waals surface area contributed by atoms with Crippen molar-refractivity contribution in [1.29, 1.82) is 0 Å². The Labute approximate surface area is 91.1 Å². The number of halogens is 2. The third kappa shape index (κ3) is 3.56. The van der Waals surface area contributed by atoms with Gasteiger partial charge < -0.3 is 16.2 Å². The lowest BCUT2D eigenvalue weighted by molar-refractivity contribution is -0.125. The van der Waals surface area contributed by atoms with Crippen molar-refractivity contribution in [2.75, 3.05) is 6.54 Å². The normalized spacial score (nSPS) is 12.4. The van der Waals surface area contributed by atoms with Gasteiger partial charge in [-0.2, -0.15) is 0 Å². The summed E-state index contributed by atoms with van der Waals surface area (Å²) in [6.07, 6.45) is -1.34. The summed E-state index contributed by atoms with van der Waals surface area (Å²) in [7, 11) is 0. The molecule has 6 heteroatoms. The molecule has 1 amide bonds. The van der Waals surface area contributed by atoms with Crippen LogP contribution in [0.1, 0.15) is 5.56 Å². The zero-order chi connectivity index (χ0) is 12.1. The Hall–Kier alpha value is -1.53. The van der Waals surface area contributed by atoms with Gasteiger partial charge in [0.15, 0.2) is 0 Å². The van der Waals surface area contributed by atoms with Crippen molar-refractivity contribution in [3.05, 3.63) is 35.4 Å². The molecule has 4 N–H and O–H groups in total. The number of benzene rings is 1. The van der Waals surface area contributed by atoms with Crippen LogP contribution in [0.15, 0.2) is 18.2 Å². The van der Waals surface area contributed by atoms with Crippen LogP contribution in [0.2, 0.25) is 0 Å². The first-order valence-electron chi connectivity index (χ1n) is 4.62. The molecule has 0 aliphatic rings. The highest BCUT2D eigenvalue weighted by Crippen LogP contribution is 2.08. The molecule has 1 aromatic rings. The van der Waals surface area contributed by atoms with E-state index in [9.17, 15) is 13.6 Å². The molecule has 0 heterocycles. The van der Waals surface area contributed by atoms with Gasteiger partial charge in [0.1, 0.15) is 17.7 Å². The number of nitrogens with one attached hydrogen (secondary N) is 1. The molecule has 1 aromatic carbocycles. The predicted octanol–water partition coefficient (Wildman–Crippen LogP) is -0.0994. The van der Waals surface area contributed by atoms with E-state index in [1.165, 1.54) is 0 Å². The van der Waals surface area contributed by atoms with E-state index in [0.29, 0.717) is 0 Å². The van der Waals surface area contributed by atoms with Crippen LogP contribution in [-0.2, 0) is 11.3 Å². The zero-order valence-electron chi connectivity index (χ0n) is 8.41. The van der Waals surface area contributed by atoms with Gasteiger partial charge in [-0.05, 0) is 18.2 Å². The molecule has 0 aromatic heterocycles. The molecule has 1 unspecified atom stereocenters. The van der Waals surface area contributed by atoms with Crippen molar-refractivity contribution in [3.8, 4) is 0 Å². The molecule has 0 aliphatic heterocycles. The number of primary amides is 1. The molecule has 0 fully saturated rings. The Morgan fingerprint density at radius 3 is 2.81 bits per heavy atom. The van der Waals surface area contributed by atoms with Crippen LogP contribution < -0.4 is 11.1 Å². The van der Waals surface area contributed by atoms with Gasteiger partial charge in [0.25, 0.3) is 0 Å². The fraction of sp³-hybridized carbons (Fsp3) is 0.300. The monoisotopic (exact) mass is 230 g/mol. The zero-order valence-corrected chi connectivity index (χ0v) is 8.41. The van der Waals surface area contributed by atoms with Gasteiger partial charge in [-0.1, -0.05) is 0 Å². The van der Waals surface area contributed by atoms with Crippen LogP contribution in [0.4, 0.5) is 8.78 Å². The first-order valence-corrected chi connectivity index (χ1v) is 4.62. The van der Waals surface area contributed by atoms with E-state index in [-0.39, 0.29) is 18.7 Å². The van der Waals surface area contributed by atoms with E-state index >= 15 is 0 Å². The van der Waals surface area contributed by atoms with Crippen LogP contribution in [0.5, 0.6) is 0 Å². The third-order valence-corrected chi connectivity index (χ3v) is 1.99. The van der Waals surface area contributed by atoms with Gasteiger partial charge in [-0.25, -0.2) is 8.78 Å². The van der Waals surface area contributed by atoms with Gasteiger partial charge in [-0.3, -0.25) is 4.79 Å². The Morgan fingerprint density at radius 2 is 2.19 bits per heavy atom. The van der Waals surface area contributed by atoms with Crippen LogP contribution in [0.3, 0.4) is 0 Å². The number of hydrogen-bond donors (Lipinski definition) is 3. The summed E-state index contributed by atoms with van der Waals surface area (Å²) in [5, 5.41) is 11.6. The topological polar surface area (TPSA) is 75.4 Å². The Morgan fingerprint density at radius 1 is 1.50 bits per heavy atom. The first-order chi connectivity index (χ1) is 7.50. The van der Waals surface area contributed by atoms with Gasteiger partial charge >= 0.3 is 0 Å². The number of aliphatic hydroxyl groups excluding tert-OH is 1. The smallest absolute Gasteiger partial charge is 0.247 e. The highest BCUT2D eigenvalue weighted by Gasteiger charge is 2.10. The molecular formula is C10H12F2N2O2. The lowest BCUT2D eigenvalue weighted by atomic mass is 10.2. The van der Waals surface area contributed by atoms with Gasteiger partial charge in [0.05, 0.1) is 0 Å². The Kier molecular flexibility index (Phi) is 4.33. The molecule has 0 radical (unpaired) electrons. The van der Waals surface area contributed by atoms with Crippen molar-refractivity contribution in [2.24, 2.45) is 5.73 Å². The second-order valence-electron chi connectivity index (χ2n) is 3.28. The van der Waals surface area contributed by atoms with Crippen molar-refractivity contribution in [1.82, 2.24) is 5.32 Å². The number of carbonyl (C=O) groups is 1. The van der Waals surface area contributed by atoms with E-state index in [2.05, 4.69) is 5.32 Å². The van der Waals surface area contributed by atoms with E-state index in [0.717, 1.165) is 18.2 Å². The summed E-state index contributed by atoms with van der Waals surface area (Å²) < 4.78 is 25.8. The minimum Gasteiger partial charge on any atom is -0.382 e. The van der Waals surface area contributed by atoms with E-state index in [4.69, 9.17) is 10.8 Å². The fourth-order valence-corrected chi connectivity index (χ4v) is 1.12. The average Bonchev–Trinajstić information content (AvgIpc) is 2.22. The highest BCUT2D eigenvalue weighted by molar-refractivity contribution is 5.78. The average molecular weight is 230 g/mol. The van der Waals surface area contributed by atoms with Crippen LogP contribution in [-0.4, -0.2) is 23.7 Å². The van der Waals surface area contributed by atoms with Crippen LogP contribution >= 0.6 is 0 Å². The largest absolute Gasteiger partial charge is 0.382 e. The number of amides is 1. The summed E-state index contributed by atoms with van der Waals surface area (Å²) in [6, 6.07) is 3.06. The molecule has 0 saturated heterocycles. The molecular weight excluding hydrogens is 218 g/mol. The van der Waals surface area contributed by atoms with Crippen molar-refractivity contribution < 1.29 is 18.7 Å². The molecule has 0 bridgehead atoms. The standard InChI is InChI=1S/C10H12F2N2O2/c11-7-1-2-8(12)6(3-7)4-14-5-9(15)10(13)16/h1-3,9,14-15H,4-5H2,(H2,13,16). The third-order valence-electron chi connectivity index (χ3n) is 1.99. The number of aliphatic hydroxyl groups is 1. The maximum atomic E-state index is 13.1. The molecule has 0 aliphatic carbocycles. The minimum atomic E-state index is -1.34. The van der Waals surface area contributed by atoms with E-state index < -0.39 is 23.6 Å². The number of nitrogens with two attached hydrogens (primary N) is 1. The van der Waals surface area contributed by atoms with Crippen molar-refractivity contribution in [3.63, 3.8) is 0 Å². The van der Waals surface area contributed by atoms with E-state index in [1.807, 2.05) is 0 Å². The molecule has 1 rings (SSSR count). The highest BCUT2D eigenvalue weighted by atomic mass is 19.1. The lowest BCUT2D eigenvalue weighted by Gasteiger charge is -2.08. The summed E-state index contributed by atoms with van der Waals surface area (Å²) >= 11 is 0. The van der Waals surface area contributed by atoms with E-state index in [1.54, 1.807) is 0 Å². The summed E-state index contributed by atoms with van der Waals surface area (Å²) in [5.74, 6) is -1.97. The maximum Gasteiger partial charge on any atom is 0.247 e. The number of carbonyl (C=O) groups excluding carboxylic acids is 1. The first kappa shape index (κ1) is 12.5. The fourth-order valence-electron chi connectivity index (χ4n) is 1.12. The maximum absolute atomic E-state index is 13.1. The quantitative estimate of drug-likeness (QED) is 0.661. The predicted molar refractivity (Wildman–Crippen MR) is 53.3 cm³/mol. The molecule has 4 nitrogen and oxygen atoms in total. The summed E-state index contributed by atoms with van der Waals surface area (Å²) in [6.45, 7) is -0.0980. The molecule has 16 heavy (non-hydrogen) atoms. The molecule has 88 valence electrons. The van der Waals surface area contributed by atoms with Crippen LogP contribution in [0.25, 0.3) is 0 Å². The number of hydrogen-bond acceptors (Lipinski definition) is 3. The molecule has 1 atom stereocenters. The summed E-state index contributed by atoms with van der Waals surface area (Å²) in [4.78, 5) is 10.5. The Balaban J connectivity index is 2.48. The second kappa shape index (κ2) is 5.53. The SMILES string of the molecule is NC(=O)C(O)CNCc1cc(F)ccc1F. The molecule has 0 spiro atoms. The minimum absolute atomic E-state index is 0.00787. The van der Waals surface area contributed by atoms with Gasteiger partial charge in [-0.15, -0.1) is 0 Å². The Bertz CT molecular complexity index is 385. The summed E-state index contributed by atoms with van der Waals surface area (Å²) in [5.41, 5.74) is 4.93. The van der Waals surface area contributed by atoms with Gasteiger partial charge in [0, 0.05) is 18.7 Å². The van der Waals surface area contributed by atoms with Crippen molar-refractivity contribution >= 4 is 5.91 Å². The molecule has 0 saturated carbocycles. The van der Waals surface area contributed by atoms with Crippen molar-refractivity contribution in [2.45, 2.75) is 12.6 Å².